The van der Waals surface area contributed by atoms with Gasteiger partial charge < -0.3 is 5.32 Å². The molecule has 1 aliphatic heterocycles. The molecule has 1 saturated heterocycles. The van der Waals surface area contributed by atoms with Crippen molar-refractivity contribution in [2.75, 3.05) is 26.4 Å². The normalized spacial score (nSPS) is 23.7. The van der Waals surface area contributed by atoms with Gasteiger partial charge in [-0.3, -0.25) is 0 Å². The van der Waals surface area contributed by atoms with E-state index in [4.69, 9.17) is 0 Å². The lowest BCUT2D eigenvalue weighted by Crippen LogP contribution is -2.39. The number of sulfonamides is 1. The van der Waals surface area contributed by atoms with Gasteiger partial charge in [0.05, 0.1) is 6.26 Å². The Bertz CT molecular complexity index is 354. The van der Waals surface area contributed by atoms with Crippen LogP contribution in [0.2, 0.25) is 0 Å². The molecule has 2 atom stereocenters. The first-order valence-electron chi connectivity index (χ1n) is 7.47. The lowest BCUT2D eigenvalue weighted by atomic mass is 9.91. The quantitative estimate of drug-likeness (QED) is 0.781. The first-order chi connectivity index (χ1) is 8.84. The highest BCUT2D eigenvalue weighted by molar-refractivity contribution is 7.88. The summed E-state index contributed by atoms with van der Waals surface area (Å²) in [5, 5.41) is 3.37. The van der Waals surface area contributed by atoms with Crippen molar-refractivity contribution in [1.29, 1.82) is 0 Å². The van der Waals surface area contributed by atoms with Gasteiger partial charge in [-0.2, -0.15) is 0 Å². The molecule has 1 heterocycles. The molecule has 0 spiro atoms. The Labute approximate surface area is 119 Å². The zero-order valence-electron chi connectivity index (χ0n) is 12.9. The summed E-state index contributed by atoms with van der Waals surface area (Å²) in [5.41, 5.74) is 0. The van der Waals surface area contributed by atoms with E-state index in [2.05, 4.69) is 19.2 Å². The van der Waals surface area contributed by atoms with E-state index in [0.29, 0.717) is 24.4 Å². The standard InChI is InChI=1S/C14H30N2O2S/c1-12(2)14(15-3)9-5-7-13-8-6-10-16(11-13)19(4,17)18/h12-15H,5-11H2,1-4H3. The fourth-order valence-electron chi connectivity index (χ4n) is 3.00. The van der Waals surface area contributed by atoms with Gasteiger partial charge in [0.15, 0.2) is 0 Å². The van der Waals surface area contributed by atoms with E-state index in [9.17, 15) is 8.42 Å². The van der Waals surface area contributed by atoms with Crippen LogP contribution in [0.4, 0.5) is 0 Å². The van der Waals surface area contributed by atoms with Crippen LogP contribution >= 0.6 is 0 Å². The minimum Gasteiger partial charge on any atom is -0.317 e. The molecular weight excluding hydrogens is 260 g/mol. The summed E-state index contributed by atoms with van der Waals surface area (Å²) in [6.07, 6.45) is 7.03. The maximum absolute atomic E-state index is 11.6. The third kappa shape index (κ3) is 5.79. The third-order valence-electron chi connectivity index (χ3n) is 4.25. The zero-order valence-corrected chi connectivity index (χ0v) is 13.7. The highest BCUT2D eigenvalue weighted by Gasteiger charge is 2.25. The second-order valence-corrected chi connectivity index (χ2v) is 8.18. The van der Waals surface area contributed by atoms with Crippen LogP contribution in [0.25, 0.3) is 0 Å². The van der Waals surface area contributed by atoms with Crippen LogP contribution < -0.4 is 5.32 Å². The van der Waals surface area contributed by atoms with Crippen molar-refractivity contribution in [3.63, 3.8) is 0 Å². The number of piperidine rings is 1. The van der Waals surface area contributed by atoms with Crippen LogP contribution in [0.3, 0.4) is 0 Å². The van der Waals surface area contributed by atoms with Crippen molar-refractivity contribution in [1.82, 2.24) is 9.62 Å². The van der Waals surface area contributed by atoms with Crippen molar-refractivity contribution in [2.24, 2.45) is 11.8 Å². The van der Waals surface area contributed by atoms with Crippen LogP contribution in [0.1, 0.15) is 46.0 Å². The van der Waals surface area contributed by atoms with Crippen LogP contribution in [0.15, 0.2) is 0 Å². The molecule has 0 aromatic heterocycles. The Hall–Kier alpha value is -0.130. The molecule has 0 aromatic carbocycles. The zero-order chi connectivity index (χ0) is 14.5. The molecule has 0 aromatic rings. The highest BCUT2D eigenvalue weighted by atomic mass is 32.2. The van der Waals surface area contributed by atoms with Crippen molar-refractivity contribution < 1.29 is 8.42 Å². The predicted molar refractivity (Wildman–Crippen MR) is 80.7 cm³/mol. The Balaban J connectivity index is 2.33. The molecule has 0 saturated carbocycles. The first-order valence-corrected chi connectivity index (χ1v) is 9.31. The molecule has 0 bridgehead atoms. The SMILES string of the molecule is CNC(CCCC1CCCN(S(C)(=O)=O)C1)C(C)C. The molecule has 1 aliphatic rings. The lowest BCUT2D eigenvalue weighted by Gasteiger charge is -2.31. The van der Waals surface area contributed by atoms with Gasteiger partial charge in [0.1, 0.15) is 0 Å². The minimum absolute atomic E-state index is 0.549. The Kier molecular flexibility index (Phi) is 6.77. The summed E-state index contributed by atoms with van der Waals surface area (Å²) < 4.78 is 24.8. The van der Waals surface area contributed by atoms with E-state index in [1.807, 2.05) is 7.05 Å². The molecule has 5 heteroatoms. The molecule has 4 nitrogen and oxygen atoms in total. The Morgan fingerprint density at radius 3 is 2.58 bits per heavy atom. The second-order valence-electron chi connectivity index (χ2n) is 6.20. The summed E-state index contributed by atoms with van der Waals surface area (Å²) in [4.78, 5) is 0. The average molecular weight is 290 g/mol. The minimum atomic E-state index is -3.00. The van der Waals surface area contributed by atoms with Gasteiger partial charge in [0, 0.05) is 19.1 Å². The van der Waals surface area contributed by atoms with Gasteiger partial charge in [-0.15, -0.1) is 0 Å². The van der Waals surface area contributed by atoms with Gasteiger partial charge in [-0.05, 0) is 44.6 Å². The molecule has 19 heavy (non-hydrogen) atoms. The van der Waals surface area contributed by atoms with Crippen LogP contribution in [-0.4, -0.2) is 45.2 Å². The number of nitrogens with zero attached hydrogens (tertiary/aromatic N) is 1. The summed E-state index contributed by atoms with van der Waals surface area (Å²) in [6, 6.07) is 0.578. The van der Waals surface area contributed by atoms with E-state index in [1.165, 1.54) is 25.5 Å². The molecule has 1 N–H and O–H groups in total. The summed E-state index contributed by atoms with van der Waals surface area (Å²) in [7, 11) is -0.973. The first kappa shape index (κ1) is 16.9. The second kappa shape index (κ2) is 7.60. The van der Waals surface area contributed by atoms with Gasteiger partial charge >= 0.3 is 0 Å². The summed E-state index contributed by atoms with van der Waals surface area (Å²) in [6.45, 7) is 5.92. The van der Waals surface area contributed by atoms with Crippen LogP contribution in [0, 0.1) is 11.8 Å². The van der Waals surface area contributed by atoms with Gasteiger partial charge in [-0.25, -0.2) is 12.7 Å². The summed E-state index contributed by atoms with van der Waals surface area (Å²) >= 11 is 0. The largest absolute Gasteiger partial charge is 0.317 e. The van der Waals surface area contributed by atoms with Crippen LogP contribution in [0.5, 0.6) is 0 Å². The van der Waals surface area contributed by atoms with E-state index in [-0.39, 0.29) is 0 Å². The number of rotatable bonds is 7. The summed E-state index contributed by atoms with van der Waals surface area (Å²) in [5.74, 6) is 1.21. The number of hydrogen-bond acceptors (Lipinski definition) is 3. The van der Waals surface area contributed by atoms with Gasteiger partial charge in [0.2, 0.25) is 10.0 Å². The Morgan fingerprint density at radius 2 is 2.05 bits per heavy atom. The molecule has 0 radical (unpaired) electrons. The third-order valence-corrected chi connectivity index (χ3v) is 5.52. The topological polar surface area (TPSA) is 49.4 Å². The van der Waals surface area contributed by atoms with E-state index < -0.39 is 10.0 Å². The number of nitrogens with one attached hydrogen (secondary N) is 1. The fourth-order valence-corrected chi connectivity index (χ4v) is 3.94. The van der Waals surface area contributed by atoms with Crippen molar-refractivity contribution in [2.45, 2.75) is 52.0 Å². The fraction of sp³-hybridized carbons (Fsp3) is 1.00. The smallest absolute Gasteiger partial charge is 0.211 e. The van der Waals surface area contributed by atoms with E-state index >= 15 is 0 Å². The van der Waals surface area contributed by atoms with Gasteiger partial charge in [0.25, 0.3) is 0 Å². The maximum atomic E-state index is 11.6. The monoisotopic (exact) mass is 290 g/mol. The van der Waals surface area contributed by atoms with E-state index in [1.54, 1.807) is 4.31 Å². The lowest BCUT2D eigenvalue weighted by molar-refractivity contribution is 0.247. The van der Waals surface area contributed by atoms with Crippen molar-refractivity contribution in [3.8, 4) is 0 Å². The predicted octanol–water partition coefficient (Wildman–Crippen LogP) is 2.07. The van der Waals surface area contributed by atoms with Crippen LogP contribution in [-0.2, 0) is 10.0 Å². The maximum Gasteiger partial charge on any atom is 0.211 e. The van der Waals surface area contributed by atoms with Gasteiger partial charge in [-0.1, -0.05) is 20.3 Å². The molecule has 1 fully saturated rings. The molecule has 0 amide bonds. The van der Waals surface area contributed by atoms with E-state index in [0.717, 1.165) is 19.4 Å². The Morgan fingerprint density at radius 1 is 1.37 bits per heavy atom. The number of hydrogen-bond donors (Lipinski definition) is 1. The average Bonchev–Trinajstić information content (AvgIpc) is 2.33. The molecule has 2 unspecified atom stereocenters. The van der Waals surface area contributed by atoms with Crippen molar-refractivity contribution >= 4 is 10.0 Å². The molecule has 0 aliphatic carbocycles. The molecule has 1 rings (SSSR count). The van der Waals surface area contributed by atoms with Crippen molar-refractivity contribution in [3.05, 3.63) is 0 Å². The molecular formula is C14H30N2O2S. The highest BCUT2D eigenvalue weighted by Crippen LogP contribution is 2.24. The molecule has 114 valence electrons.